The van der Waals surface area contributed by atoms with E-state index < -0.39 is 5.91 Å². The number of amides is 1. The Morgan fingerprint density at radius 3 is 2.88 bits per heavy atom. The zero-order chi connectivity index (χ0) is 17.9. The van der Waals surface area contributed by atoms with Crippen molar-refractivity contribution in [1.29, 1.82) is 0 Å². The number of nitrogens with zero attached hydrogens (tertiary/aromatic N) is 2. The fraction of sp³-hybridized carbons (Fsp3) is 0.300. The molecule has 0 saturated heterocycles. The van der Waals surface area contributed by atoms with Crippen LogP contribution >= 0.6 is 0 Å². The molecule has 3 heterocycles. The standard InChI is InChI=1S/C20H20N4O2/c21-19(25)14-4-3-13-8-17-18(15-2-1-7-23(26)10-15)22-11-20(5-6-20)12-24(17)16(13)9-14/h1-4,7-10,18,22H,5-6,11-12H2,(H2,21,25). The highest BCUT2D eigenvalue weighted by Gasteiger charge is 2.45. The summed E-state index contributed by atoms with van der Waals surface area (Å²) in [6, 6.07) is 11.5. The van der Waals surface area contributed by atoms with E-state index in [1.54, 1.807) is 18.3 Å². The normalized spacial score (nSPS) is 20.7. The molecule has 3 aromatic rings. The molecule has 2 aromatic heterocycles. The molecular weight excluding hydrogens is 328 g/mol. The van der Waals surface area contributed by atoms with Crippen LogP contribution in [0.25, 0.3) is 10.9 Å². The van der Waals surface area contributed by atoms with Crippen LogP contribution in [0.3, 0.4) is 0 Å². The van der Waals surface area contributed by atoms with Gasteiger partial charge >= 0.3 is 0 Å². The number of pyridine rings is 1. The number of hydrogen-bond acceptors (Lipinski definition) is 3. The molecule has 6 heteroatoms. The molecule has 2 aliphatic rings. The molecule has 1 spiro atoms. The van der Waals surface area contributed by atoms with E-state index >= 15 is 0 Å². The van der Waals surface area contributed by atoms with E-state index in [-0.39, 0.29) is 11.5 Å². The number of hydrogen-bond donors (Lipinski definition) is 2. The van der Waals surface area contributed by atoms with Crippen LogP contribution in [-0.4, -0.2) is 17.0 Å². The van der Waals surface area contributed by atoms with Crippen molar-refractivity contribution in [3.8, 4) is 0 Å². The number of nitrogens with one attached hydrogen (secondary N) is 1. The van der Waals surface area contributed by atoms with E-state index in [1.165, 1.54) is 19.0 Å². The van der Waals surface area contributed by atoms with Crippen molar-refractivity contribution in [2.24, 2.45) is 11.1 Å². The third kappa shape index (κ3) is 2.37. The first-order chi connectivity index (χ1) is 12.5. The Kier molecular flexibility index (Phi) is 3.15. The highest BCUT2D eigenvalue weighted by atomic mass is 16.5. The monoisotopic (exact) mass is 348 g/mol. The topological polar surface area (TPSA) is 87.0 Å². The average molecular weight is 348 g/mol. The van der Waals surface area contributed by atoms with Crippen molar-refractivity contribution in [2.75, 3.05) is 6.54 Å². The summed E-state index contributed by atoms with van der Waals surface area (Å²) in [5, 5.41) is 16.5. The number of fused-ring (bicyclic) bond motifs is 3. The van der Waals surface area contributed by atoms with Gasteiger partial charge in [0, 0.05) is 46.9 Å². The summed E-state index contributed by atoms with van der Waals surface area (Å²) < 4.78 is 3.15. The molecule has 5 rings (SSSR count). The van der Waals surface area contributed by atoms with Crippen molar-refractivity contribution >= 4 is 16.8 Å². The number of nitrogens with two attached hydrogens (primary N) is 1. The van der Waals surface area contributed by atoms with Crippen molar-refractivity contribution in [1.82, 2.24) is 9.88 Å². The predicted molar refractivity (Wildman–Crippen MR) is 97.4 cm³/mol. The fourth-order valence-corrected chi connectivity index (χ4v) is 4.10. The lowest BCUT2D eigenvalue weighted by Crippen LogP contribution is -2.30. The van der Waals surface area contributed by atoms with Gasteiger partial charge in [0.15, 0.2) is 12.4 Å². The number of carbonyl (C=O) groups is 1. The van der Waals surface area contributed by atoms with Crippen molar-refractivity contribution in [2.45, 2.75) is 25.4 Å². The Bertz CT molecular complexity index is 1040. The second kappa shape index (κ2) is 5.32. The third-order valence-electron chi connectivity index (χ3n) is 5.78. The fourth-order valence-electron chi connectivity index (χ4n) is 4.10. The smallest absolute Gasteiger partial charge is 0.248 e. The van der Waals surface area contributed by atoms with Crippen LogP contribution in [0.5, 0.6) is 0 Å². The van der Waals surface area contributed by atoms with Crippen molar-refractivity contribution in [3.05, 3.63) is 70.8 Å². The summed E-state index contributed by atoms with van der Waals surface area (Å²) in [5.74, 6) is -0.415. The summed E-state index contributed by atoms with van der Waals surface area (Å²) in [6.07, 6.45) is 5.51. The minimum atomic E-state index is -0.415. The minimum absolute atomic E-state index is 0.0548. The molecule has 1 atom stereocenters. The summed E-state index contributed by atoms with van der Waals surface area (Å²) in [7, 11) is 0. The van der Waals surface area contributed by atoms with Crippen LogP contribution < -0.4 is 15.8 Å². The van der Waals surface area contributed by atoms with Gasteiger partial charge in [-0.3, -0.25) is 4.79 Å². The van der Waals surface area contributed by atoms with E-state index in [0.717, 1.165) is 40.0 Å². The maximum absolute atomic E-state index is 11.8. The van der Waals surface area contributed by atoms with Crippen LogP contribution in [0.15, 0.2) is 48.8 Å². The number of rotatable bonds is 2. The summed E-state index contributed by atoms with van der Waals surface area (Å²) >= 11 is 0. The number of aromatic nitrogens is 2. The molecule has 1 aliphatic heterocycles. The second-order valence-corrected chi connectivity index (χ2v) is 7.60. The lowest BCUT2D eigenvalue weighted by atomic mass is 10.0. The zero-order valence-electron chi connectivity index (χ0n) is 14.3. The third-order valence-corrected chi connectivity index (χ3v) is 5.78. The summed E-state index contributed by atoms with van der Waals surface area (Å²) in [6.45, 7) is 1.84. The molecule has 1 aromatic carbocycles. The Morgan fingerprint density at radius 1 is 1.31 bits per heavy atom. The quantitative estimate of drug-likeness (QED) is 0.547. The van der Waals surface area contributed by atoms with Crippen LogP contribution in [0.2, 0.25) is 0 Å². The summed E-state index contributed by atoms with van der Waals surface area (Å²) in [5.41, 5.74) is 9.37. The molecule has 1 aliphatic carbocycles. The molecule has 1 amide bonds. The Hall–Kier alpha value is -2.86. The lowest BCUT2D eigenvalue weighted by molar-refractivity contribution is -0.605. The second-order valence-electron chi connectivity index (χ2n) is 7.60. The maximum atomic E-state index is 11.8. The molecule has 26 heavy (non-hydrogen) atoms. The molecule has 1 fully saturated rings. The highest BCUT2D eigenvalue weighted by molar-refractivity contribution is 5.97. The van der Waals surface area contributed by atoms with E-state index in [1.807, 2.05) is 18.2 Å². The Labute approximate surface area is 150 Å². The SMILES string of the molecule is NC(=O)c1ccc2cc3n(c2c1)CC1(CC1)CNC3c1ccc[n+]([O-])c1. The molecule has 0 bridgehead atoms. The van der Waals surface area contributed by atoms with E-state index in [9.17, 15) is 10.0 Å². The Balaban J connectivity index is 1.72. The van der Waals surface area contributed by atoms with Gasteiger partial charge in [0.25, 0.3) is 0 Å². The van der Waals surface area contributed by atoms with Crippen molar-refractivity contribution in [3.63, 3.8) is 0 Å². The van der Waals surface area contributed by atoms with Crippen molar-refractivity contribution < 1.29 is 9.52 Å². The van der Waals surface area contributed by atoms with Gasteiger partial charge in [-0.1, -0.05) is 6.07 Å². The molecule has 132 valence electrons. The lowest BCUT2D eigenvalue weighted by Gasteiger charge is -2.17. The first kappa shape index (κ1) is 15.4. The highest BCUT2D eigenvalue weighted by Crippen LogP contribution is 2.49. The van der Waals surface area contributed by atoms with Crippen LogP contribution in [0.4, 0.5) is 0 Å². The number of carbonyl (C=O) groups excluding carboxylic acids is 1. The van der Waals surface area contributed by atoms with E-state index in [4.69, 9.17) is 5.73 Å². The Morgan fingerprint density at radius 2 is 2.15 bits per heavy atom. The van der Waals surface area contributed by atoms with E-state index in [2.05, 4.69) is 16.0 Å². The van der Waals surface area contributed by atoms with Crippen LogP contribution in [0.1, 0.15) is 40.5 Å². The molecular formula is C20H20N4O2. The first-order valence-corrected chi connectivity index (χ1v) is 8.90. The van der Waals surface area contributed by atoms with Gasteiger partial charge < -0.3 is 20.8 Å². The molecule has 6 nitrogen and oxygen atoms in total. The van der Waals surface area contributed by atoms with Gasteiger partial charge in [-0.05, 0) is 42.5 Å². The number of primary amides is 1. The van der Waals surface area contributed by atoms with Gasteiger partial charge in [0.2, 0.25) is 5.91 Å². The molecule has 3 N–H and O–H groups in total. The maximum Gasteiger partial charge on any atom is 0.248 e. The van der Waals surface area contributed by atoms with Gasteiger partial charge in [-0.25, -0.2) is 0 Å². The number of benzene rings is 1. The largest absolute Gasteiger partial charge is 0.619 e. The minimum Gasteiger partial charge on any atom is -0.619 e. The first-order valence-electron chi connectivity index (χ1n) is 8.90. The van der Waals surface area contributed by atoms with Crippen LogP contribution in [0, 0.1) is 10.6 Å². The zero-order valence-corrected chi connectivity index (χ0v) is 14.3. The predicted octanol–water partition coefficient (Wildman–Crippen LogP) is 1.85. The van der Waals surface area contributed by atoms with Gasteiger partial charge in [-0.2, -0.15) is 4.73 Å². The van der Waals surface area contributed by atoms with Gasteiger partial charge in [-0.15, -0.1) is 0 Å². The van der Waals surface area contributed by atoms with Crippen LogP contribution in [-0.2, 0) is 6.54 Å². The van der Waals surface area contributed by atoms with E-state index in [0.29, 0.717) is 5.56 Å². The molecule has 1 saturated carbocycles. The summed E-state index contributed by atoms with van der Waals surface area (Å²) in [4.78, 5) is 11.6. The average Bonchev–Trinajstić information content (AvgIpc) is 3.33. The molecule has 0 radical (unpaired) electrons. The molecule has 1 unspecified atom stereocenters. The van der Waals surface area contributed by atoms with Gasteiger partial charge in [0.1, 0.15) is 0 Å². The van der Waals surface area contributed by atoms with Gasteiger partial charge in [0.05, 0.1) is 6.04 Å².